The van der Waals surface area contributed by atoms with Crippen LogP contribution in [0.5, 0.6) is 0 Å². The number of anilines is 1. The first-order valence-corrected chi connectivity index (χ1v) is 4.38. The highest BCUT2D eigenvalue weighted by Gasteiger charge is 1.88. The maximum absolute atomic E-state index is 3.12. The van der Waals surface area contributed by atoms with Gasteiger partial charge in [-0.25, -0.2) is 5.43 Å². The molecule has 0 radical (unpaired) electrons. The van der Waals surface area contributed by atoms with Crippen molar-refractivity contribution in [2.75, 3.05) is 12.0 Å². The second kappa shape index (κ2) is 4.78. The summed E-state index contributed by atoms with van der Waals surface area (Å²) in [6.45, 7) is 5.22. The smallest absolute Gasteiger partial charge is 0.0487 e. The fourth-order valence-electron chi connectivity index (χ4n) is 0.926. The summed E-state index contributed by atoms with van der Waals surface area (Å²) in [6.07, 6.45) is 1.14. The summed E-state index contributed by atoms with van der Waals surface area (Å²) >= 11 is 0. The Kier molecular flexibility index (Phi) is 3.61. The predicted molar refractivity (Wildman–Crippen MR) is 53.1 cm³/mol. The van der Waals surface area contributed by atoms with Crippen LogP contribution in [-0.4, -0.2) is 6.54 Å². The molecule has 2 heteroatoms. The highest BCUT2D eigenvalue weighted by molar-refractivity contribution is 5.43. The molecule has 2 nitrogen and oxygen atoms in total. The molecule has 66 valence electrons. The second-order valence-corrected chi connectivity index (χ2v) is 2.92. The van der Waals surface area contributed by atoms with Gasteiger partial charge in [0.15, 0.2) is 0 Å². The third-order valence-corrected chi connectivity index (χ3v) is 1.66. The van der Waals surface area contributed by atoms with Gasteiger partial charge in [0.2, 0.25) is 0 Å². The minimum Gasteiger partial charge on any atom is -0.322 e. The lowest BCUT2D eigenvalue weighted by Gasteiger charge is -2.06. The molecular weight excluding hydrogens is 148 g/mol. The molecule has 12 heavy (non-hydrogen) atoms. The number of hydrogen-bond donors (Lipinski definition) is 2. The van der Waals surface area contributed by atoms with E-state index in [0.29, 0.717) is 0 Å². The predicted octanol–water partition coefficient (Wildman–Crippen LogP) is 2.32. The second-order valence-electron chi connectivity index (χ2n) is 2.92. The Morgan fingerprint density at radius 1 is 1.17 bits per heavy atom. The molecule has 1 aromatic carbocycles. The number of rotatable bonds is 4. The van der Waals surface area contributed by atoms with Gasteiger partial charge in [-0.3, -0.25) is 0 Å². The summed E-state index contributed by atoms with van der Waals surface area (Å²) in [5.74, 6) is 0. The fraction of sp³-hybridized carbons (Fsp3) is 0.400. The lowest BCUT2D eigenvalue weighted by Crippen LogP contribution is -2.21. The van der Waals surface area contributed by atoms with Crippen molar-refractivity contribution in [3.8, 4) is 0 Å². The number of hydrogen-bond acceptors (Lipinski definition) is 2. The zero-order chi connectivity index (χ0) is 8.81. The molecule has 2 N–H and O–H groups in total. The van der Waals surface area contributed by atoms with Crippen molar-refractivity contribution >= 4 is 5.69 Å². The highest BCUT2D eigenvalue weighted by atomic mass is 15.3. The van der Waals surface area contributed by atoms with Crippen LogP contribution in [0.1, 0.15) is 18.9 Å². The molecule has 0 fully saturated rings. The SMILES string of the molecule is CCCNNc1ccc(C)cc1. The van der Waals surface area contributed by atoms with Crippen LogP contribution in [0.25, 0.3) is 0 Å². The van der Waals surface area contributed by atoms with E-state index in [1.54, 1.807) is 0 Å². The highest BCUT2D eigenvalue weighted by Crippen LogP contribution is 2.06. The molecule has 0 bridgehead atoms. The molecule has 0 aliphatic rings. The summed E-state index contributed by atoms with van der Waals surface area (Å²) < 4.78 is 0. The Morgan fingerprint density at radius 3 is 2.42 bits per heavy atom. The van der Waals surface area contributed by atoms with Gasteiger partial charge in [0, 0.05) is 12.2 Å². The van der Waals surface area contributed by atoms with Crippen LogP contribution in [0.4, 0.5) is 5.69 Å². The summed E-state index contributed by atoms with van der Waals surface area (Å²) in [5.41, 5.74) is 8.65. The number of benzene rings is 1. The van der Waals surface area contributed by atoms with E-state index < -0.39 is 0 Å². The van der Waals surface area contributed by atoms with Gasteiger partial charge in [0.1, 0.15) is 0 Å². The summed E-state index contributed by atoms with van der Waals surface area (Å²) in [4.78, 5) is 0. The van der Waals surface area contributed by atoms with E-state index in [2.05, 4.69) is 49.0 Å². The van der Waals surface area contributed by atoms with Gasteiger partial charge in [-0.05, 0) is 25.5 Å². The van der Waals surface area contributed by atoms with Gasteiger partial charge >= 0.3 is 0 Å². The Balaban J connectivity index is 2.37. The fourth-order valence-corrected chi connectivity index (χ4v) is 0.926. The van der Waals surface area contributed by atoms with E-state index in [-0.39, 0.29) is 0 Å². The number of nitrogens with one attached hydrogen (secondary N) is 2. The molecule has 0 aliphatic carbocycles. The van der Waals surface area contributed by atoms with Crippen LogP contribution >= 0.6 is 0 Å². The van der Waals surface area contributed by atoms with Gasteiger partial charge < -0.3 is 5.43 Å². The lowest BCUT2D eigenvalue weighted by molar-refractivity contribution is 0.761. The van der Waals surface area contributed by atoms with Crippen molar-refractivity contribution in [1.29, 1.82) is 0 Å². The first-order valence-electron chi connectivity index (χ1n) is 4.38. The van der Waals surface area contributed by atoms with Crippen LogP contribution in [0.2, 0.25) is 0 Å². The Labute approximate surface area is 74.0 Å². The first kappa shape index (κ1) is 9.07. The molecule has 0 aromatic heterocycles. The van der Waals surface area contributed by atoms with Gasteiger partial charge in [-0.2, -0.15) is 0 Å². The van der Waals surface area contributed by atoms with Crippen LogP contribution < -0.4 is 10.9 Å². The molecule has 1 rings (SSSR count). The summed E-state index contributed by atoms with van der Waals surface area (Å²) in [7, 11) is 0. The van der Waals surface area contributed by atoms with Crippen molar-refractivity contribution in [2.24, 2.45) is 0 Å². The van der Waals surface area contributed by atoms with Gasteiger partial charge in [-0.1, -0.05) is 24.6 Å². The molecule has 0 saturated carbocycles. The molecule has 1 aromatic rings. The standard InChI is InChI=1S/C10H16N2/c1-3-8-11-12-10-6-4-9(2)5-7-10/h4-7,11-12H,3,8H2,1-2H3. The van der Waals surface area contributed by atoms with E-state index in [0.717, 1.165) is 18.7 Å². The average Bonchev–Trinajstić information content (AvgIpc) is 2.09. The van der Waals surface area contributed by atoms with Crippen molar-refractivity contribution in [2.45, 2.75) is 20.3 Å². The Bertz CT molecular complexity index is 216. The number of hydrazine groups is 1. The maximum atomic E-state index is 3.12. The van der Waals surface area contributed by atoms with Crippen LogP contribution in [0.3, 0.4) is 0 Å². The molecule has 0 saturated heterocycles. The quantitative estimate of drug-likeness (QED) is 0.527. The van der Waals surface area contributed by atoms with E-state index in [1.165, 1.54) is 5.56 Å². The molecular formula is C10H16N2. The van der Waals surface area contributed by atoms with Gasteiger partial charge in [0.25, 0.3) is 0 Å². The van der Waals surface area contributed by atoms with Gasteiger partial charge in [0.05, 0.1) is 0 Å². The normalized spacial score (nSPS) is 9.83. The van der Waals surface area contributed by atoms with Gasteiger partial charge in [-0.15, -0.1) is 0 Å². The van der Waals surface area contributed by atoms with Crippen LogP contribution in [0, 0.1) is 6.92 Å². The molecule has 0 unspecified atom stereocenters. The minimum atomic E-state index is 0.994. The van der Waals surface area contributed by atoms with Crippen LogP contribution in [-0.2, 0) is 0 Å². The zero-order valence-corrected chi connectivity index (χ0v) is 7.72. The minimum absolute atomic E-state index is 0.994. The van der Waals surface area contributed by atoms with Crippen molar-refractivity contribution < 1.29 is 0 Å². The van der Waals surface area contributed by atoms with E-state index in [1.807, 2.05) is 0 Å². The van der Waals surface area contributed by atoms with Crippen molar-refractivity contribution in [1.82, 2.24) is 5.43 Å². The molecule has 0 heterocycles. The molecule has 0 atom stereocenters. The Morgan fingerprint density at radius 2 is 1.83 bits per heavy atom. The third-order valence-electron chi connectivity index (χ3n) is 1.66. The molecule has 0 amide bonds. The lowest BCUT2D eigenvalue weighted by atomic mass is 10.2. The van der Waals surface area contributed by atoms with Crippen molar-refractivity contribution in [3.05, 3.63) is 29.8 Å². The molecule has 0 aliphatic heterocycles. The zero-order valence-electron chi connectivity index (χ0n) is 7.72. The summed E-state index contributed by atoms with van der Waals surface area (Å²) in [6, 6.07) is 8.32. The maximum Gasteiger partial charge on any atom is 0.0487 e. The summed E-state index contributed by atoms with van der Waals surface area (Å²) in [5, 5.41) is 0. The van der Waals surface area contributed by atoms with E-state index in [9.17, 15) is 0 Å². The van der Waals surface area contributed by atoms with Crippen molar-refractivity contribution in [3.63, 3.8) is 0 Å². The number of aryl methyl sites for hydroxylation is 1. The third kappa shape index (κ3) is 2.93. The monoisotopic (exact) mass is 164 g/mol. The topological polar surface area (TPSA) is 24.1 Å². The first-order chi connectivity index (χ1) is 5.83. The van der Waals surface area contributed by atoms with Crippen LogP contribution in [0.15, 0.2) is 24.3 Å². The molecule has 0 spiro atoms. The largest absolute Gasteiger partial charge is 0.322 e. The van der Waals surface area contributed by atoms with E-state index >= 15 is 0 Å². The average molecular weight is 164 g/mol. The Hall–Kier alpha value is -1.02. The van der Waals surface area contributed by atoms with E-state index in [4.69, 9.17) is 0 Å².